The molecule has 122 valence electrons. The van der Waals surface area contributed by atoms with E-state index in [0.717, 1.165) is 16.8 Å². The molecule has 0 aliphatic carbocycles. The maximum absolute atomic E-state index is 12.1. The molecule has 1 unspecified atom stereocenters. The van der Waals surface area contributed by atoms with Crippen molar-refractivity contribution in [2.75, 3.05) is 20.6 Å². The molecule has 1 heterocycles. The fourth-order valence-corrected chi connectivity index (χ4v) is 2.26. The van der Waals surface area contributed by atoms with Crippen LogP contribution in [0.2, 0.25) is 0 Å². The molecule has 1 aliphatic rings. The van der Waals surface area contributed by atoms with Gasteiger partial charge in [-0.15, -0.1) is 0 Å². The average molecular weight is 314 g/mol. The second-order valence-electron chi connectivity index (χ2n) is 5.85. The minimum atomic E-state index is -0.221. The summed E-state index contributed by atoms with van der Waals surface area (Å²) < 4.78 is 0. The standard InChI is InChI=1S/C17H22N4O2/c1-12(13(2)22)15-7-5-14(6-8-15)11-16-9-10-18-19-21(16)17(23)20(3)4/h5-9,12H,10-11H2,1-4H3. The van der Waals surface area contributed by atoms with Crippen LogP contribution in [-0.2, 0) is 11.2 Å². The number of hydrogen-bond acceptors (Lipinski definition) is 4. The van der Waals surface area contributed by atoms with Crippen LogP contribution >= 0.6 is 0 Å². The summed E-state index contributed by atoms with van der Waals surface area (Å²) in [7, 11) is 3.37. The van der Waals surface area contributed by atoms with Crippen LogP contribution in [-0.4, -0.2) is 42.4 Å². The van der Waals surface area contributed by atoms with Gasteiger partial charge in [-0.05, 0) is 24.1 Å². The number of benzene rings is 1. The maximum Gasteiger partial charge on any atom is 0.345 e. The molecular weight excluding hydrogens is 292 g/mol. The molecule has 6 nitrogen and oxygen atoms in total. The third-order valence-electron chi connectivity index (χ3n) is 3.87. The predicted molar refractivity (Wildman–Crippen MR) is 88.0 cm³/mol. The lowest BCUT2D eigenvalue weighted by Gasteiger charge is -2.24. The molecule has 0 aromatic heterocycles. The lowest BCUT2D eigenvalue weighted by molar-refractivity contribution is -0.118. The van der Waals surface area contributed by atoms with Crippen molar-refractivity contribution in [2.24, 2.45) is 10.3 Å². The van der Waals surface area contributed by atoms with Gasteiger partial charge in [-0.1, -0.05) is 36.4 Å². The molecule has 23 heavy (non-hydrogen) atoms. The minimum absolute atomic E-state index is 0.0986. The zero-order valence-corrected chi connectivity index (χ0v) is 14.0. The Morgan fingerprint density at radius 3 is 2.48 bits per heavy atom. The normalized spacial score (nSPS) is 15.1. The molecule has 0 spiro atoms. The summed E-state index contributed by atoms with van der Waals surface area (Å²) in [5.74, 6) is 0.0504. The van der Waals surface area contributed by atoms with E-state index in [2.05, 4.69) is 10.3 Å². The predicted octanol–water partition coefficient (Wildman–Crippen LogP) is 3.17. The summed E-state index contributed by atoms with van der Waals surface area (Å²) in [6.07, 6.45) is 2.49. The number of carbonyl (C=O) groups is 2. The van der Waals surface area contributed by atoms with E-state index in [1.165, 1.54) is 9.91 Å². The molecule has 1 atom stereocenters. The van der Waals surface area contributed by atoms with E-state index in [9.17, 15) is 9.59 Å². The van der Waals surface area contributed by atoms with E-state index >= 15 is 0 Å². The van der Waals surface area contributed by atoms with Crippen molar-refractivity contribution >= 4 is 11.8 Å². The van der Waals surface area contributed by atoms with Crippen LogP contribution in [0.1, 0.15) is 30.9 Å². The number of allylic oxidation sites excluding steroid dienone is 1. The minimum Gasteiger partial charge on any atom is -0.329 e. The topological polar surface area (TPSA) is 65.3 Å². The lowest BCUT2D eigenvalue weighted by Crippen LogP contribution is -2.36. The maximum atomic E-state index is 12.1. The molecule has 6 heteroatoms. The Bertz CT molecular complexity index is 647. The first-order chi connectivity index (χ1) is 10.9. The second-order valence-corrected chi connectivity index (χ2v) is 5.85. The Balaban J connectivity index is 2.13. The van der Waals surface area contributed by atoms with Crippen LogP contribution in [0.3, 0.4) is 0 Å². The van der Waals surface area contributed by atoms with Gasteiger partial charge in [0.25, 0.3) is 0 Å². The largest absolute Gasteiger partial charge is 0.345 e. The number of rotatable bonds is 4. The van der Waals surface area contributed by atoms with Gasteiger partial charge in [0.2, 0.25) is 0 Å². The van der Waals surface area contributed by atoms with Crippen molar-refractivity contribution in [3.8, 4) is 0 Å². The van der Waals surface area contributed by atoms with Crippen LogP contribution in [0.15, 0.2) is 46.4 Å². The van der Waals surface area contributed by atoms with Crippen LogP contribution in [0, 0.1) is 0 Å². The van der Waals surface area contributed by atoms with Gasteiger partial charge in [0.1, 0.15) is 5.78 Å². The average Bonchev–Trinajstić information content (AvgIpc) is 2.54. The number of nitrogens with zero attached hydrogens (tertiary/aromatic N) is 4. The molecule has 0 saturated heterocycles. The van der Waals surface area contributed by atoms with E-state index in [1.807, 2.05) is 37.3 Å². The Labute approximate surface area is 136 Å². The van der Waals surface area contributed by atoms with Gasteiger partial charge >= 0.3 is 6.03 Å². The Morgan fingerprint density at radius 1 is 1.26 bits per heavy atom. The van der Waals surface area contributed by atoms with Gasteiger partial charge in [0.05, 0.1) is 12.2 Å². The van der Waals surface area contributed by atoms with E-state index < -0.39 is 0 Å². The number of urea groups is 1. The Kier molecular flexibility index (Phi) is 5.26. The molecule has 0 saturated carbocycles. The summed E-state index contributed by atoms with van der Waals surface area (Å²) in [5.41, 5.74) is 2.87. The number of amides is 2. The van der Waals surface area contributed by atoms with E-state index in [1.54, 1.807) is 21.0 Å². The highest BCUT2D eigenvalue weighted by Crippen LogP contribution is 2.21. The lowest BCUT2D eigenvalue weighted by atomic mass is 9.96. The van der Waals surface area contributed by atoms with Crippen molar-refractivity contribution in [1.29, 1.82) is 0 Å². The van der Waals surface area contributed by atoms with Crippen LogP contribution < -0.4 is 0 Å². The Hall–Kier alpha value is -2.50. The first-order valence-corrected chi connectivity index (χ1v) is 7.57. The highest BCUT2D eigenvalue weighted by molar-refractivity contribution is 5.82. The number of Topliss-reactive ketones (excluding diaryl/α,β-unsaturated/α-hetero) is 1. The highest BCUT2D eigenvalue weighted by Gasteiger charge is 2.22. The van der Waals surface area contributed by atoms with Crippen molar-refractivity contribution in [3.05, 3.63) is 47.2 Å². The summed E-state index contributed by atoms with van der Waals surface area (Å²) >= 11 is 0. The van der Waals surface area contributed by atoms with Crippen molar-refractivity contribution in [2.45, 2.75) is 26.2 Å². The van der Waals surface area contributed by atoms with Crippen molar-refractivity contribution in [1.82, 2.24) is 9.91 Å². The summed E-state index contributed by atoms with van der Waals surface area (Å²) in [6.45, 7) is 3.98. The SMILES string of the molecule is CC(=O)C(C)c1ccc(CC2=CCN=NN2C(=O)N(C)C)cc1. The third-order valence-corrected chi connectivity index (χ3v) is 3.87. The molecule has 0 fully saturated rings. The molecule has 0 radical (unpaired) electrons. The van der Waals surface area contributed by atoms with E-state index in [-0.39, 0.29) is 17.7 Å². The highest BCUT2D eigenvalue weighted by atomic mass is 16.2. The molecule has 0 N–H and O–H groups in total. The summed E-state index contributed by atoms with van der Waals surface area (Å²) in [5, 5.41) is 9.18. The quantitative estimate of drug-likeness (QED) is 0.856. The smallest absolute Gasteiger partial charge is 0.329 e. The molecule has 0 bridgehead atoms. The number of carbonyl (C=O) groups excluding carboxylic acids is 2. The Morgan fingerprint density at radius 2 is 1.91 bits per heavy atom. The first kappa shape index (κ1) is 16.9. The van der Waals surface area contributed by atoms with Crippen LogP contribution in [0.25, 0.3) is 0 Å². The van der Waals surface area contributed by atoms with Crippen LogP contribution in [0.5, 0.6) is 0 Å². The van der Waals surface area contributed by atoms with Gasteiger partial charge in [-0.25, -0.2) is 4.79 Å². The van der Waals surface area contributed by atoms with Gasteiger partial charge in [-0.3, -0.25) is 4.79 Å². The van der Waals surface area contributed by atoms with Crippen molar-refractivity contribution < 1.29 is 9.59 Å². The van der Waals surface area contributed by atoms with Gasteiger partial charge in [0.15, 0.2) is 0 Å². The molecule has 2 amide bonds. The third kappa shape index (κ3) is 4.03. The van der Waals surface area contributed by atoms with Crippen LogP contribution in [0.4, 0.5) is 4.79 Å². The molecule has 1 aromatic carbocycles. The van der Waals surface area contributed by atoms with E-state index in [0.29, 0.717) is 13.0 Å². The van der Waals surface area contributed by atoms with Gasteiger partial charge in [0, 0.05) is 26.4 Å². The van der Waals surface area contributed by atoms with Gasteiger partial charge in [-0.2, -0.15) is 10.1 Å². The van der Waals surface area contributed by atoms with Crippen molar-refractivity contribution in [3.63, 3.8) is 0 Å². The fourth-order valence-electron chi connectivity index (χ4n) is 2.26. The molecule has 1 aromatic rings. The second kappa shape index (κ2) is 7.17. The number of ketones is 1. The first-order valence-electron chi connectivity index (χ1n) is 7.57. The molecule has 2 rings (SSSR count). The molecular formula is C17H22N4O2. The number of hydrogen-bond donors (Lipinski definition) is 0. The fraction of sp³-hybridized carbons (Fsp3) is 0.412. The zero-order valence-electron chi connectivity index (χ0n) is 14.0. The monoisotopic (exact) mass is 314 g/mol. The summed E-state index contributed by atoms with van der Waals surface area (Å²) in [6, 6.07) is 7.68. The summed E-state index contributed by atoms with van der Waals surface area (Å²) in [4.78, 5) is 25.1. The zero-order chi connectivity index (χ0) is 17.0. The molecule has 1 aliphatic heterocycles. The van der Waals surface area contributed by atoms with E-state index in [4.69, 9.17) is 0 Å². The van der Waals surface area contributed by atoms with Gasteiger partial charge < -0.3 is 4.90 Å².